The molecule has 1 aliphatic heterocycles. The first kappa shape index (κ1) is 15.6. The predicted molar refractivity (Wildman–Crippen MR) is 98.5 cm³/mol. The molecular formula is C19H21N6+. The number of rotatable bonds is 2. The summed E-state index contributed by atoms with van der Waals surface area (Å²) < 4.78 is 1.98. The molecule has 3 aromatic rings. The molecule has 0 unspecified atom stereocenters. The summed E-state index contributed by atoms with van der Waals surface area (Å²) >= 11 is 0. The van der Waals surface area contributed by atoms with Crippen molar-refractivity contribution in [2.45, 2.75) is 6.92 Å². The number of para-hydroxylation sites is 2. The maximum absolute atomic E-state index is 9.54. The molecule has 3 heterocycles. The third-order valence-electron chi connectivity index (χ3n) is 4.87. The molecular weight excluding hydrogens is 312 g/mol. The largest absolute Gasteiger partial charge is 0.351 e. The van der Waals surface area contributed by atoms with E-state index in [0.29, 0.717) is 11.2 Å². The Morgan fingerprint density at radius 1 is 1.28 bits per heavy atom. The van der Waals surface area contributed by atoms with Crippen LogP contribution in [-0.2, 0) is 0 Å². The fourth-order valence-corrected chi connectivity index (χ4v) is 3.33. The first-order chi connectivity index (χ1) is 12.2. The normalized spacial score (nSPS) is 16.1. The van der Waals surface area contributed by atoms with E-state index >= 15 is 0 Å². The second-order valence-corrected chi connectivity index (χ2v) is 6.67. The molecule has 0 amide bonds. The average Bonchev–Trinajstić information content (AvgIpc) is 3.00. The molecule has 1 fully saturated rings. The molecule has 1 aliphatic rings. The number of hydrogen-bond donors (Lipinski definition) is 1. The number of imidazole rings is 1. The zero-order chi connectivity index (χ0) is 17.4. The highest BCUT2D eigenvalue weighted by atomic mass is 15.3. The van der Waals surface area contributed by atoms with Gasteiger partial charge in [0.2, 0.25) is 0 Å². The lowest BCUT2D eigenvalue weighted by Crippen LogP contribution is -3.11. The number of hydrogen-bond acceptors (Lipinski definition) is 3. The van der Waals surface area contributed by atoms with Gasteiger partial charge in [-0.15, -0.1) is 0 Å². The number of fused-ring (bicyclic) bond motifs is 3. The minimum absolute atomic E-state index is 0.610. The Morgan fingerprint density at radius 3 is 2.80 bits per heavy atom. The highest BCUT2D eigenvalue weighted by Gasteiger charge is 2.16. The lowest BCUT2D eigenvalue weighted by Gasteiger charge is -2.28. The first-order valence-corrected chi connectivity index (χ1v) is 8.58. The van der Waals surface area contributed by atoms with Gasteiger partial charge in [-0.25, -0.2) is 9.98 Å². The molecule has 0 saturated carbocycles. The number of aliphatic imine (C=N–C) groups is 1. The van der Waals surface area contributed by atoms with E-state index in [1.807, 2.05) is 48.0 Å². The number of nitrogens with zero attached hydrogens (tertiary/aromatic N) is 5. The summed E-state index contributed by atoms with van der Waals surface area (Å²) in [5.41, 5.74) is 4.05. The SMILES string of the molecule is Cc1cc(N=CN2CC[NH+](C)CC2)n2c(nc3ccccc32)c1C#N. The molecule has 6 nitrogen and oxygen atoms in total. The fraction of sp³-hybridized carbons (Fsp3) is 0.316. The molecule has 2 aromatic heterocycles. The summed E-state index contributed by atoms with van der Waals surface area (Å²) in [6.07, 6.45) is 1.93. The molecule has 0 radical (unpaired) electrons. The number of pyridine rings is 1. The average molecular weight is 333 g/mol. The lowest BCUT2D eigenvalue weighted by atomic mass is 10.1. The first-order valence-electron chi connectivity index (χ1n) is 8.58. The summed E-state index contributed by atoms with van der Waals surface area (Å²) in [7, 11) is 2.22. The number of nitriles is 1. The van der Waals surface area contributed by atoms with Gasteiger partial charge in [-0.05, 0) is 30.7 Å². The molecule has 1 N–H and O–H groups in total. The van der Waals surface area contributed by atoms with E-state index in [0.717, 1.165) is 48.6 Å². The number of aromatic nitrogens is 2. The van der Waals surface area contributed by atoms with Crippen molar-refractivity contribution >= 4 is 28.8 Å². The van der Waals surface area contributed by atoms with Crippen molar-refractivity contribution in [1.82, 2.24) is 14.3 Å². The van der Waals surface area contributed by atoms with Gasteiger partial charge in [0.25, 0.3) is 0 Å². The van der Waals surface area contributed by atoms with Gasteiger partial charge in [0.15, 0.2) is 5.65 Å². The number of benzene rings is 1. The minimum atomic E-state index is 0.610. The van der Waals surface area contributed by atoms with Crippen molar-refractivity contribution in [3.8, 4) is 6.07 Å². The maximum Gasteiger partial charge on any atom is 0.157 e. The standard InChI is InChI=1S/C19H20N6/c1-14-11-18(21-13-24-9-7-23(2)8-10-24)25-17-6-4-3-5-16(17)22-19(25)15(14)12-20/h3-6,11,13H,7-10H2,1-2H3/p+1. The van der Waals surface area contributed by atoms with Crippen LogP contribution in [0.3, 0.4) is 0 Å². The Balaban J connectivity index is 1.84. The van der Waals surface area contributed by atoms with Crippen LogP contribution in [0.2, 0.25) is 0 Å². The molecule has 0 aliphatic carbocycles. The van der Waals surface area contributed by atoms with E-state index in [1.165, 1.54) is 0 Å². The number of likely N-dealkylation sites (N-methyl/N-ethyl adjacent to an activating group) is 1. The van der Waals surface area contributed by atoms with Crippen LogP contribution in [0.5, 0.6) is 0 Å². The molecule has 1 aromatic carbocycles. The zero-order valence-electron chi connectivity index (χ0n) is 14.5. The van der Waals surface area contributed by atoms with E-state index in [-0.39, 0.29) is 0 Å². The van der Waals surface area contributed by atoms with Crippen molar-refractivity contribution in [3.63, 3.8) is 0 Å². The Morgan fingerprint density at radius 2 is 2.04 bits per heavy atom. The number of piperazine rings is 1. The Hall–Kier alpha value is -2.91. The van der Waals surface area contributed by atoms with Crippen molar-refractivity contribution in [2.24, 2.45) is 4.99 Å². The Bertz CT molecular complexity index is 1000. The van der Waals surface area contributed by atoms with Crippen LogP contribution < -0.4 is 4.90 Å². The highest BCUT2D eigenvalue weighted by molar-refractivity contribution is 5.85. The van der Waals surface area contributed by atoms with E-state index in [9.17, 15) is 5.26 Å². The van der Waals surface area contributed by atoms with Gasteiger partial charge in [0.05, 0.1) is 56.2 Å². The van der Waals surface area contributed by atoms with Crippen molar-refractivity contribution < 1.29 is 4.90 Å². The molecule has 126 valence electrons. The number of quaternary nitrogens is 1. The van der Waals surface area contributed by atoms with Gasteiger partial charge in [-0.2, -0.15) is 5.26 Å². The zero-order valence-corrected chi connectivity index (χ0v) is 14.5. The molecule has 1 saturated heterocycles. The fourth-order valence-electron chi connectivity index (χ4n) is 3.33. The van der Waals surface area contributed by atoms with Crippen LogP contribution in [0, 0.1) is 18.3 Å². The number of aryl methyl sites for hydroxylation is 1. The monoisotopic (exact) mass is 333 g/mol. The quantitative estimate of drug-likeness (QED) is 0.565. The van der Waals surface area contributed by atoms with Crippen LogP contribution >= 0.6 is 0 Å². The minimum Gasteiger partial charge on any atom is -0.351 e. The highest BCUT2D eigenvalue weighted by Crippen LogP contribution is 2.27. The van der Waals surface area contributed by atoms with Crippen LogP contribution in [0.4, 0.5) is 5.82 Å². The van der Waals surface area contributed by atoms with E-state index in [4.69, 9.17) is 4.99 Å². The van der Waals surface area contributed by atoms with Crippen molar-refractivity contribution in [2.75, 3.05) is 33.2 Å². The molecule has 25 heavy (non-hydrogen) atoms. The number of nitrogens with one attached hydrogen (secondary N) is 1. The van der Waals surface area contributed by atoms with Crippen LogP contribution in [0.1, 0.15) is 11.1 Å². The topological polar surface area (TPSA) is 61.1 Å². The summed E-state index contributed by atoms with van der Waals surface area (Å²) in [5.74, 6) is 0.812. The molecule has 4 rings (SSSR count). The van der Waals surface area contributed by atoms with Crippen LogP contribution in [0.25, 0.3) is 16.7 Å². The van der Waals surface area contributed by atoms with E-state index in [2.05, 4.69) is 23.0 Å². The molecule has 6 heteroatoms. The third-order valence-corrected chi connectivity index (χ3v) is 4.87. The third kappa shape index (κ3) is 2.73. The van der Waals surface area contributed by atoms with Gasteiger partial charge in [-0.1, -0.05) is 12.1 Å². The van der Waals surface area contributed by atoms with Gasteiger partial charge < -0.3 is 9.80 Å². The second-order valence-electron chi connectivity index (χ2n) is 6.67. The lowest BCUT2D eigenvalue weighted by molar-refractivity contribution is -0.883. The summed E-state index contributed by atoms with van der Waals surface area (Å²) in [6.45, 7) is 6.22. The summed E-state index contributed by atoms with van der Waals surface area (Å²) in [6, 6.07) is 12.2. The molecule has 0 bridgehead atoms. The van der Waals surface area contributed by atoms with Gasteiger partial charge in [0, 0.05) is 0 Å². The van der Waals surface area contributed by atoms with Crippen molar-refractivity contribution in [3.05, 3.63) is 41.5 Å². The maximum atomic E-state index is 9.54. The summed E-state index contributed by atoms with van der Waals surface area (Å²) in [4.78, 5) is 13.2. The molecule has 0 atom stereocenters. The molecule has 0 spiro atoms. The van der Waals surface area contributed by atoms with Crippen molar-refractivity contribution in [1.29, 1.82) is 5.26 Å². The predicted octanol–water partition coefficient (Wildman–Crippen LogP) is 1.16. The van der Waals surface area contributed by atoms with Crippen LogP contribution in [-0.4, -0.2) is 53.8 Å². The van der Waals surface area contributed by atoms with E-state index in [1.54, 1.807) is 4.90 Å². The van der Waals surface area contributed by atoms with Gasteiger partial charge in [-0.3, -0.25) is 4.40 Å². The second kappa shape index (κ2) is 6.19. The smallest absolute Gasteiger partial charge is 0.157 e. The van der Waals surface area contributed by atoms with Gasteiger partial charge >= 0.3 is 0 Å². The van der Waals surface area contributed by atoms with Gasteiger partial charge in [0.1, 0.15) is 11.9 Å². The Labute approximate surface area is 146 Å². The van der Waals surface area contributed by atoms with Crippen LogP contribution in [0.15, 0.2) is 35.3 Å². The van der Waals surface area contributed by atoms with E-state index < -0.39 is 0 Å². The summed E-state index contributed by atoms with van der Waals surface area (Å²) in [5, 5.41) is 9.54. The Kier molecular flexibility index (Phi) is 3.86.